The SMILES string of the molecule is CC(=O)SCC=Cc1cc2cc[nH]c2cc1Cl. The van der Waals surface area contributed by atoms with Gasteiger partial charge in [-0.1, -0.05) is 35.5 Å². The number of aromatic nitrogens is 1. The van der Waals surface area contributed by atoms with Crippen molar-refractivity contribution in [2.45, 2.75) is 6.92 Å². The van der Waals surface area contributed by atoms with Gasteiger partial charge in [-0.15, -0.1) is 0 Å². The molecule has 0 radical (unpaired) electrons. The molecule has 0 saturated heterocycles. The molecule has 0 aliphatic rings. The Morgan fingerprint density at radius 3 is 3.12 bits per heavy atom. The smallest absolute Gasteiger partial charge is 0.186 e. The van der Waals surface area contributed by atoms with Crippen LogP contribution in [0.4, 0.5) is 0 Å². The lowest BCUT2D eigenvalue weighted by atomic mass is 10.1. The topological polar surface area (TPSA) is 32.9 Å². The van der Waals surface area contributed by atoms with Crippen LogP contribution in [0.15, 0.2) is 30.5 Å². The van der Waals surface area contributed by atoms with Crippen LogP contribution in [0.3, 0.4) is 0 Å². The maximum absolute atomic E-state index is 10.8. The molecule has 0 fully saturated rings. The molecule has 0 unspecified atom stereocenters. The molecule has 2 rings (SSSR count). The van der Waals surface area contributed by atoms with Crippen molar-refractivity contribution >= 4 is 45.5 Å². The van der Waals surface area contributed by atoms with E-state index in [0.29, 0.717) is 10.8 Å². The van der Waals surface area contributed by atoms with Gasteiger partial charge in [-0.25, -0.2) is 0 Å². The molecule has 0 atom stereocenters. The number of H-pyrrole nitrogens is 1. The molecule has 2 aromatic rings. The average Bonchev–Trinajstić information content (AvgIpc) is 2.71. The second-order valence-corrected chi connectivity index (χ2v) is 5.25. The zero-order valence-corrected chi connectivity index (χ0v) is 10.9. The van der Waals surface area contributed by atoms with Crippen LogP contribution >= 0.6 is 23.4 Å². The first-order chi connectivity index (χ1) is 8.16. The van der Waals surface area contributed by atoms with Gasteiger partial charge in [0.25, 0.3) is 0 Å². The summed E-state index contributed by atoms with van der Waals surface area (Å²) in [7, 11) is 0. The third-order valence-corrected chi connectivity index (χ3v) is 3.44. The van der Waals surface area contributed by atoms with Gasteiger partial charge in [-0.3, -0.25) is 4.79 Å². The Balaban J connectivity index is 2.17. The highest BCUT2D eigenvalue weighted by Crippen LogP contribution is 2.24. The summed E-state index contributed by atoms with van der Waals surface area (Å²) in [5.41, 5.74) is 2.01. The third kappa shape index (κ3) is 3.14. The van der Waals surface area contributed by atoms with E-state index in [9.17, 15) is 4.79 Å². The van der Waals surface area contributed by atoms with Crippen molar-refractivity contribution in [2.24, 2.45) is 0 Å². The van der Waals surface area contributed by atoms with Crippen molar-refractivity contribution in [3.05, 3.63) is 41.1 Å². The highest BCUT2D eigenvalue weighted by molar-refractivity contribution is 8.13. The first kappa shape index (κ1) is 12.3. The molecule has 0 spiro atoms. The Kier molecular flexibility index (Phi) is 3.92. The van der Waals surface area contributed by atoms with Gasteiger partial charge in [0.1, 0.15) is 0 Å². The number of carbonyl (C=O) groups is 1. The number of aromatic amines is 1. The number of thioether (sulfide) groups is 1. The lowest BCUT2D eigenvalue weighted by Crippen LogP contribution is -1.82. The monoisotopic (exact) mass is 265 g/mol. The molecular weight excluding hydrogens is 254 g/mol. The fourth-order valence-electron chi connectivity index (χ4n) is 1.56. The van der Waals surface area contributed by atoms with Crippen LogP contribution in [0.1, 0.15) is 12.5 Å². The molecule has 0 bridgehead atoms. The minimum absolute atomic E-state index is 0.127. The molecule has 0 aliphatic heterocycles. The van der Waals surface area contributed by atoms with Crippen molar-refractivity contribution < 1.29 is 4.79 Å². The van der Waals surface area contributed by atoms with Crippen molar-refractivity contribution in [3.63, 3.8) is 0 Å². The van der Waals surface area contributed by atoms with E-state index < -0.39 is 0 Å². The van der Waals surface area contributed by atoms with Gasteiger partial charge < -0.3 is 4.98 Å². The molecule has 0 saturated carbocycles. The number of hydrogen-bond donors (Lipinski definition) is 1. The van der Waals surface area contributed by atoms with Gasteiger partial charge in [0.2, 0.25) is 0 Å². The fourth-order valence-corrected chi connectivity index (χ4v) is 2.21. The van der Waals surface area contributed by atoms with E-state index in [1.165, 1.54) is 11.8 Å². The van der Waals surface area contributed by atoms with Gasteiger partial charge in [0.15, 0.2) is 5.12 Å². The van der Waals surface area contributed by atoms with Gasteiger partial charge in [-0.2, -0.15) is 0 Å². The first-order valence-electron chi connectivity index (χ1n) is 5.23. The van der Waals surface area contributed by atoms with Crippen LogP contribution < -0.4 is 0 Å². The first-order valence-corrected chi connectivity index (χ1v) is 6.60. The summed E-state index contributed by atoms with van der Waals surface area (Å²) in [5, 5.41) is 1.97. The maximum atomic E-state index is 10.8. The summed E-state index contributed by atoms with van der Waals surface area (Å²) in [6.07, 6.45) is 5.79. The Morgan fingerprint density at radius 1 is 1.53 bits per heavy atom. The molecule has 0 aliphatic carbocycles. The number of fused-ring (bicyclic) bond motifs is 1. The molecule has 1 heterocycles. The quantitative estimate of drug-likeness (QED) is 0.906. The predicted molar refractivity (Wildman–Crippen MR) is 75.5 cm³/mol. The molecule has 17 heavy (non-hydrogen) atoms. The van der Waals surface area contributed by atoms with E-state index in [0.717, 1.165) is 16.5 Å². The minimum atomic E-state index is 0.127. The molecule has 2 nitrogen and oxygen atoms in total. The summed E-state index contributed by atoms with van der Waals surface area (Å²) < 4.78 is 0. The van der Waals surface area contributed by atoms with Crippen LogP contribution in [0, 0.1) is 0 Å². The van der Waals surface area contributed by atoms with Crippen LogP contribution in [0.25, 0.3) is 17.0 Å². The van der Waals surface area contributed by atoms with Gasteiger partial charge in [-0.05, 0) is 23.8 Å². The predicted octanol–water partition coefficient (Wildman–Crippen LogP) is 4.11. The Morgan fingerprint density at radius 2 is 2.35 bits per heavy atom. The second-order valence-electron chi connectivity index (χ2n) is 3.64. The largest absolute Gasteiger partial charge is 0.361 e. The number of hydrogen-bond acceptors (Lipinski definition) is 2. The second kappa shape index (κ2) is 5.43. The van der Waals surface area contributed by atoms with E-state index in [-0.39, 0.29) is 5.12 Å². The van der Waals surface area contributed by atoms with E-state index in [1.54, 1.807) is 6.92 Å². The van der Waals surface area contributed by atoms with Gasteiger partial charge in [0, 0.05) is 34.8 Å². The lowest BCUT2D eigenvalue weighted by Gasteiger charge is -1.99. The summed E-state index contributed by atoms with van der Waals surface area (Å²) >= 11 is 7.44. The van der Waals surface area contributed by atoms with Gasteiger partial charge in [0.05, 0.1) is 0 Å². The molecule has 1 aromatic carbocycles. The Labute approximate surface area is 109 Å². The Bertz CT molecular complexity index is 574. The summed E-state index contributed by atoms with van der Waals surface area (Å²) in [5.74, 6) is 0.677. The highest BCUT2D eigenvalue weighted by Gasteiger charge is 2.01. The van der Waals surface area contributed by atoms with Crippen LogP contribution in [-0.4, -0.2) is 15.9 Å². The standard InChI is InChI=1S/C13H12ClNOS/c1-9(16)17-6-2-3-10-7-11-4-5-15-13(11)8-12(10)14/h2-5,7-8,15H,6H2,1H3. The number of benzene rings is 1. The number of nitrogens with one attached hydrogen (secondary N) is 1. The Hall–Kier alpha value is -1.19. The van der Waals surface area contributed by atoms with Gasteiger partial charge >= 0.3 is 0 Å². The fraction of sp³-hybridized carbons (Fsp3) is 0.154. The number of halogens is 1. The summed E-state index contributed by atoms with van der Waals surface area (Å²) in [6.45, 7) is 1.57. The maximum Gasteiger partial charge on any atom is 0.186 e. The van der Waals surface area contributed by atoms with Crippen molar-refractivity contribution in [1.29, 1.82) is 0 Å². The van der Waals surface area contributed by atoms with Crippen LogP contribution in [0.5, 0.6) is 0 Å². The van der Waals surface area contributed by atoms with Crippen LogP contribution in [0.2, 0.25) is 5.02 Å². The molecule has 88 valence electrons. The number of rotatable bonds is 3. The van der Waals surface area contributed by atoms with Crippen LogP contribution in [-0.2, 0) is 4.79 Å². The zero-order chi connectivity index (χ0) is 12.3. The zero-order valence-electron chi connectivity index (χ0n) is 9.37. The van der Waals surface area contributed by atoms with Crippen molar-refractivity contribution in [3.8, 4) is 0 Å². The molecule has 1 N–H and O–H groups in total. The summed E-state index contributed by atoms with van der Waals surface area (Å²) in [6, 6.07) is 5.95. The van der Waals surface area contributed by atoms with E-state index in [1.807, 2.05) is 36.5 Å². The molecule has 4 heteroatoms. The van der Waals surface area contributed by atoms with Crippen molar-refractivity contribution in [2.75, 3.05) is 5.75 Å². The van der Waals surface area contributed by atoms with E-state index in [2.05, 4.69) is 4.98 Å². The molecule has 0 amide bonds. The third-order valence-electron chi connectivity index (χ3n) is 2.35. The van der Waals surface area contributed by atoms with E-state index >= 15 is 0 Å². The lowest BCUT2D eigenvalue weighted by molar-refractivity contribution is -0.109. The molecular formula is C13H12ClNOS. The normalized spacial score (nSPS) is 11.4. The molecule has 1 aromatic heterocycles. The minimum Gasteiger partial charge on any atom is -0.361 e. The number of carbonyl (C=O) groups excluding carboxylic acids is 1. The van der Waals surface area contributed by atoms with Crippen molar-refractivity contribution in [1.82, 2.24) is 4.98 Å². The van der Waals surface area contributed by atoms with E-state index in [4.69, 9.17) is 11.6 Å². The summed E-state index contributed by atoms with van der Waals surface area (Å²) in [4.78, 5) is 13.9. The average molecular weight is 266 g/mol. The highest BCUT2D eigenvalue weighted by atomic mass is 35.5.